The van der Waals surface area contributed by atoms with E-state index in [1.165, 1.54) is 12.1 Å². The third-order valence-corrected chi connectivity index (χ3v) is 2.96. The Labute approximate surface area is 94.2 Å². The average Bonchev–Trinajstić information content (AvgIpc) is 2.55. The first-order valence-electron chi connectivity index (χ1n) is 5.45. The fourth-order valence-corrected chi connectivity index (χ4v) is 1.83. The van der Waals surface area contributed by atoms with Gasteiger partial charge in [0.05, 0.1) is 6.04 Å². The molecule has 3 heteroatoms. The predicted octanol–water partition coefficient (Wildman–Crippen LogP) is 3.54. The number of hydrogen-bond acceptors (Lipinski definition) is 2. The summed E-state index contributed by atoms with van der Waals surface area (Å²) in [6, 6.07) is 4.39. The van der Waals surface area contributed by atoms with E-state index in [-0.39, 0.29) is 11.9 Å². The molecule has 1 aromatic carbocycles. The summed E-state index contributed by atoms with van der Waals surface area (Å²) < 4.78 is 18.8. The minimum atomic E-state index is -0.249. The summed E-state index contributed by atoms with van der Waals surface area (Å²) in [6.45, 7) is 6.00. The summed E-state index contributed by atoms with van der Waals surface area (Å²) in [5.41, 5.74) is 7.69. The molecule has 0 spiro atoms. The second-order valence-corrected chi connectivity index (χ2v) is 4.50. The molecule has 0 aliphatic carbocycles. The standard InChI is InChI=1S/C13H16FNO/c1-7(2)12(15)13-8(3)10-6-9(14)4-5-11(10)16-13/h4-7,12H,15H2,1-3H3. The first kappa shape index (κ1) is 11.1. The van der Waals surface area contributed by atoms with Gasteiger partial charge in [0.2, 0.25) is 0 Å². The van der Waals surface area contributed by atoms with Crippen LogP contribution in [0.25, 0.3) is 11.0 Å². The normalized spacial score (nSPS) is 13.6. The number of furan rings is 1. The molecule has 2 rings (SSSR count). The van der Waals surface area contributed by atoms with Crippen molar-refractivity contribution in [3.8, 4) is 0 Å². The fraction of sp³-hybridized carbons (Fsp3) is 0.385. The van der Waals surface area contributed by atoms with Crippen LogP contribution in [0.2, 0.25) is 0 Å². The van der Waals surface area contributed by atoms with Crippen LogP contribution < -0.4 is 5.73 Å². The Bertz CT molecular complexity index is 516. The van der Waals surface area contributed by atoms with Crippen LogP contribution in [0.5, 0.6) is 0 Å². The first-order valence-corrected chi connectivity index (χ1v) is 5.45. The molecule has 0 bridgehead atoms. The van der Waals surface area contributed by atoms with E-state index in [1.54, 1.807) is 6.07 Å². The lowest BCUT2D eigenvalue weighted by Crippen LogP contribution is -2.16. The van der Waals surface area contributed by atoms with Gasteiger partial charge >= 0.3 is 0 Å². The van der Waals surface area contributed by atoms with Crippen LogP contribution in [0.15, 0.2) is 22.6 Å². The average molecular weight is 221 g/mol. The zero-order valence-corrected chi connectivity index (χ0v) is 9.75. The topological polar surface area (TPSA) is 39.2 Å². The quantitative estimate of drug-likeness (QED) is 0.842. The molecular weight excluding hydrogens is 205 g/mol. The maximum absolute atomic E-state index is 13.1. The van der Waals surface area contributed by atoms with Gasteiger partial charge < -0.3 is 10.2 Å². The van der Waals surface area contributed by atoms with Crippen molar-refractivity contribution in [2.24, 2.45) is 11.7 Å². The summed E-state index contributed by atoms with van der Waals surface area (Å²) in [5.74, 6) is 0.806. The van der Waals surface area contributed by atoms with Crippen molar-refractivity contribution >= 4 is 11.0 Å². The Morgan fingerprint density at radius 3 is 2.62 bits per heavy atom. The maximum Gasteiger partial charge on any atom is 0.134 e. The molecule has 0 radical (unpaired) electrons. The smallest absolute Gasteiger partial charge is 0.134 e. The van der Waals surface area contributed by atoms with Crippen LogP contribution >= 0.6 is 0 Å². The molecule has 0 aliphatic heterocycles. The highest BCUT2D eigenvalue weighted by Crippen LogP contribution is 2.31. The van der Waals surface area contributed by atoms with Crippen LogP contribution in [0.1, 0.15) is 31.2 Å². The molecule has 2 N–H and O–H groups in total. The molecule has 86 valence electrons. The number of fused-ring (bicyclic) bond motifs is 1. The van der Waals surface area contributed by atoms with Crippen LogP contribution in [0.4, 0.5) is 4.39 Å². The van der Waals surface area contributed by atoms with Crippen LogP contribution in [-0.4, -0.2) is 0 Å². The minimum absolute atomic E-state index is 0.143. The van der Waals surface area contributed by atoms with Gasteiger partial charge in [-0.25, -0.2) is 4.39 Å². The molecule has 0 saturated heterocycles. The van der Waals surface area contributed by atoms with Crippen molar-refractivity contribution in [2.45, 2.75) is 26.8 Å². The zero-order chi connectivity index (χ0) is 11.9. The zero-order valence-electron chi connectivity index (χ0n) is 9.75. The number of halogens is 1. The number of benzene rings is 1. The molecule has 2 aromatic rings. The van der Waals surface area contributed by atoms with E-state index in [0.29, 0.717) is 11.5 Å². The van der Waals surface area contributed by atoms with E-state index in [1.807, 2.05) is 20.8 Å². The van der Waals surface area contributed by atoms with Crippen molar-refractivity contribution in [3.63, 3.8) is 0 Å². The second-order valence-electron chi connectivity index (χ2n) is 4.50. The third kappa shape index (κ3) is 1.71. The Morgan fingerprint density at radius 1 is 1.31 bits per heavy atom. The highest BCUT2D eigenvalue weighted by molar-refractivity contribution is 5.82. The first-order chi connectivity index (χ1) is 7.50. The van der Waals surface area contributed by atoms with Crippen molar-refractivity contribution in [1.29, 1.82) is 0 Å². The van der Waals surface area contributed by atoms with Gasteiger partial charge in [0, 0.05) is 10.9 Å². The van der Waals surface area contributed by atoms with Gasteiger partial charge in [-0.3, -0.25) is 0 Å². The SMILES string of the molecule is Cc1c(C(N)C(C)C)oc2ccc(F)cc12. The number of rotatable bonds is 2. The molecule has 1 aromatic heterocycles. The summed E-state index contributed by atoms with van der Waals surface area (Å²) in [4.78, 5) is 0. The fourth-order valence-electron chi connectivity index (χ4n) is 1.83. The molecule has 0 fully saturated rings. The van der Waals surface area contributed by atoms with E-state index >= 15 is 0 Å². The Kier molecular flexibility index (Phi) is 2.72. The van der Waals surface area contributed by atoms with E-state index in [0.717, 1.165) is 16.7 Å². The van der Waals surface area contributed by atoms with Gasteiger partial charge in [0.15, 0.2) is 0 Å². The highest BCUT2D eigenvalue weighted by Gasteiger charge is 2.19. The number of nitrogens with two attached hydrogens (primary N) is 1. The maximum atomic E-state index is 13.1. The van der Waals surface area contributed by atoms with Crippen molar-refractivity contribution in [2.75, 3.05) is 0 Å². The number of aryl methyl sites for hydroxylation is 1. The molecule has 2 nitrogen and oxygen atoms in total. The lowest BCUT2D eigenvalue weighted by molar-refractivity contribution is 0.415. The molecule has 1 atom stereocenters. The van der Waals surface area contributed by atoms with Gasteiger partial charge in [-0.15, -0.1) is 0 Å². The van der Waals surface area contributed by atoms with Gasteiger partial charge in [-0.2, -0.15) is 0 Å². The van der Waals surface area contributed by atoms with Crippen LogP contribution in [0, 0.1) is 18.7 Å². The molecule has 16 heavy (non-hydrogen) atoms. The summed E-state index contributed by atoms with van der Waals surface area (Å²) in [7, 11) is 0. The van der Waals surface area contributed by atoms with Crippen molar-refractivity contribution in [3.05, 3.63) is 35.3 Å². The van der Waals surface area contributed by atoms with Crippen LogP contribution in [0.3, 0.4) is 0 Å². The molecule has 0 aliphatic rings. The Morgan fingerprint density at radius 2 is 2.00 bits per heavy atom. The van der Waals surface area contributed by atoms with E-state index in [9.17, 15) is 4.39 Å². The molecule has 1 heterocycles. The van der Waals surface area contributed by atoms with Crippen molar-refractivity contribution in [1.82, 2.24) is 0 Å². The van der Waals surface area contributed by atoms with Gasteiger partial charge in [0.1, 0.15) is 17.2 Å². The summed E-state index contributed by atoms with van der Waals surface area (Å²) in [5, 5.41) is 0.811. The van der Waals surface area contributed by atoms with Crippen molar-refractivity contribution < 1.29 is 8.81 Å². The monoisotopic (exact) mass is 221 g/mol. The molecule has 1 unspecified atom stereocenters. The lowest BCUT2D eigenvalue weighted by Gasteiger charge is -2.13. The Hall–Kier alpha value is -1.35. The molecule has 0 amide bonds. The molecule has 0 saturated carbocycles. The van der Waals surface area contributed by atoms with Gasteiger partial charge in [-0.05, 0) is 31.0 Å². The van der Waals surface area contributed by atoms with E-state index in [2.05, 4.69) is 0 Å². The molecular formula is C13H16FNO. The van der Waals surface area contributed by atoms with Gasteiger partial charge in [-0.1, -0.05) is 13.8 Å². The highest BCUT2D eigenvalue weighted by atomic mass is 19.1. The summed E-state index contributed by atoms with van der Waals surface area (Å²) >= 11 is 0. The third-order valence-electron chi connectivity index (χ3n) is 2.96. The lowest BCUT2D eigenvalue weighted by atomic mass is 9.99. The summed E-state index contributed by atoms with van der Waals surface area (Å²) in [6.07, 6.45) is 0. The predicted molar refractivity (Wildman–Crippen MR) is 62.7 cm³/mol. The minimum Gasteiger partial charge on any atom is -0.459 e. The van der Waals surface area contributed by atoms with Crippen LogP contribution in [-0.2, 0) is 0 Å². The van der Waals surface area contributed by atoms with E-state index < -0.39 is 0 Å². The Balaban J connectivity index is 2.60. The largest absolute Gasteiger partial charge is 0.459 e. The van der Waals surface area contributed by atoms with E-state index in [4.69, 9.17) is 10.2 Å². The van der Waals surface area contributed by atoms with Gasteiger partial charge in [0.25, 0.3) is 0 Å². The number of hydrogen-bond donors (Lipinski definition) is 1. The second kappa shape index (κ2) is 3.91.